The fraction of sp³-hybridized carbons (Fsp3) is 0.167. The number of benzene rings is 1. The fourth-order valence-corrected chi connectivity index (χ4v) is 3.81. The van der Waals surface area contributed by atoms with E-state index in [4.69, 9.17) is 11.1 Å². The summed E-state index contributed by atoms with van der Waals surface area (Å²) in [5.74, 6) is 0. The van der Waals surface area contributed by atoms with Gasteiger partial charge in [-0.15, -0.1) is 24.2 Å². The molecule has 2 heteroatoms. The maximum Gasteiger partial charge on any atom is 0.232 e. The summed E-state index contributed by atoms with van der Waals surface area (Å²) in [6.07, 6.45) is 0. The van der Waals surface area contributed by atoms with Crippen LogP contribution in [-0.2, 0) is 0 Å². The molecule has 0 nitrogen and oxygen atoms in total. The zero-order chi connectivity index (χ0) is 10.8. The molecule has 0 aliphatic rings. The van der Waals surface area contributed by atoms with Crippen LogP contribution in [0.15, 0.2) is 42.8 Å². The molecule has 0 saturated carbocycles. The van der Waals surface area contributed by atoms with Crippen LogP contribution < -0.4 is 5.19 Å². The lowest BCUT2D eigenvalue weighted by Crippen LogP contribution is -2.40. The van der Waals surface area contributed by atoms with Crippen molar-refractivity contribution in [3.63, 3.8) is 0 Å². The molecule has 74 valence electrons. The van der Waals surface area contributed by atoms with Crippen molar-refractivity contribution in [1.29, 1.82) is 0 Å². The third-order valence-electron chi connectivity index (χ3n) is 2.40. The van der Waals surface area contributed by atoms with E-state index in [0.717, 1.165) is 0 Å². The van der Waals surface area contributed by atoms with Gasteiger partial charge >= 0.3 is 0 Å². The highest BCUT2D eigenvalue weighted by Crippen LogP contribution is 2.15. The molecule has 0 unspecified atom stereocenters. The van der Waals surface area contributed by atoms with Crippen molar-refractivity contribution >= 4 is 23.6 Å². The lowest BCUT2D eigenvalue weighted by Gasteiger charge is -2.19. The van der Waals surface area contributed by atoms with Crippen molar-refractivity contribution in [1.82, 2.24) is 0 Å². The van der Waals surface area contributed by atoms with Gasteiger partial charge in [-0.3, -0.25) is 0 Å². The maximum atomic E-state index is 6.51. The van der Waals surface area contributed by atoms with Gasteiger partial charge in [0, 0.05) is 0 Å². The van der Waals surface area contributed by atoms with Crippen LogP contribution in [0.2, 0.25) is 0 Å². The first-order chi connectivity index (χ1) is 6.53. The van der Waals surface area contributed by atoms with Gasteiger partial charge in [0.2, 0.25) is 7.38 Å². The Morgan fingerprint density at radius 2 is 1.79 bits per heavy atom. The monoisotopic (exact) mass is 222 g/mol. The molecule has 0 atom stereocenters. The van der Waals surface area contributed by atoms with Crippen molar-refractivity contribution in [3.05, 3.63) is 53.9 Å². The third kappa shape index (κ3) is 1.99. The molecule has 0 saturated heterocycles. The van der Waals surface area contributed by atoms with Gasteiger partial charge < -0.3 is 0 Å². The molecule has 0 aliphatic carbocycles. The van der Waals surface area contributed by atoms with E-state index in [2.05, 4.69) is 45.2 Å². The topological polar surface area (TPSA) is 0 Å². The highest BCUT2D eigenvalue weighted by atomic mass is 35.6. The molecule has 0 amide bonds. The summed E-state index contributed by atoms with van der Waals surface area (Å²) in [6.45, 7) is 11.8. The lowest BCUT2D eigenvalue weighted by molar-refractivity contribution is 1.42. The van der Waals surface area contributed by atoms with Crippen LogP contribution in [0.25, 0.3) is 0 Å². The molecule has 0 N–H and O–H groups in total. The molecule has 0 heterocycles. The molecule has 0 radical (unpaired) electrons. The van der Waals surface area contributed by atoms with E-state index in [1.54, 1.807) is 0 Å². The van der Waals surface area contributed by atoms with Gasteiger partial charge in [0.1, 0.15) is 0 Å². The number of halogens is 1. The van der Waals surface area contributed by atoms with E-state index in [1.807, 2.05) is 11.4 Å². The highest BCUT2D eigenvalue weighted by Gasteiger charge is 2.27. The van der Waals surface area contributed by atoms with Gasteiger partial charge in [0.25, 0.3) is 0 Å². The van der Waals surface area contributed by atoms with E-state index in [0.29, 0.717) is 0 Å². The Morgan fingerprint density at radius 1 is 1.21 bits per heavy atom. The molecular formula is C12H15ClSi. The minimum atomic E-state index is -2.15. The number of rotatable bonds is 3. The van der Waals surface area contributed by atoms with Gasteiger partial charge in [-0.05, 0) is 24.6 Å². The highest BCUT2D eigenvalue weighted by molar-refractivity contribution is 7.32. The third-order valence-corrected chi connectivity index (χ3v) is 6.49. The zero-order valence-electron chi connectivity index (χ0n) is 8.68. The van der Waals surface area contributed by atoms with E-state index in [1.165, 1.54) is 16.3 Å². The van der Waals surface area contributed by atoms with Crippen molar-refractivity contribution in [2.24, 2.45) is 0 Å². The van der Waals surface area contributed by atoms with Crippen molar-refractivity contribution < 1.29 is 0 Å². The van der Waals surface area contributed by atoms with E-state index < -0.39 is 7.38 Å². The average Bonchev–Trinajstić information content (AvgIpc) is 2.20. The Morgan fingerprint density at radius 3 is 2.29 bits per heavy atom. The van der Waals surface area contributed by atoms with Crippen LogP contribution in [0, 0.1) is 13.8 Å². The number of hydrogen-bond donors (Lipinski definition) is 0. The Labute approximate surface area is 91.6 Å². The zero-order valence-corrected chi connectivity index (χ0v) is 10.4. The number of hydrogen-bond acceptors (Lipinski definition) is 0. The molecule has 1 rings (SSSR count). The predicted molar refractivity (Wildman–Crippen MR) is 67.6 cm³/mol. The predicted octanol–water partition coefficient (Wildman–Crippen LogP) is 3.15. The summed E-state index contributed by atoms with van der Waals surface area (Å²) in [7, 11) is -2.15. The first-order valence-corrected chi connectivity index (χ1v) is 7.74. The van der Waals surface area contributed by atoms with E-state index in [-0.39, 0.29) is 0 Å². The Balaban J connectivity index is 3.36. The minimum absolute atomic E-state index is 1.20. The van der Waals surface area contributed by atoms with E-state index >= 15 is 0 Å². The molecule has 0 aromatic heterocycles. The maximum absolute atomic E-state index is 6.51. The lowest BCUT2D eigenvalue weighted by atomic mass is 10.2. The molecule has 0 fully saturated rings. The summed E-state index contributed by atoms with van der Waals surface area (Å²) in [4.78, 5) is 0. The van der Waals surface area contributed by atoms with Gasteiger partial charge in [-0.2, -0.15) is 0 Å². The van der Waals surface area contributed by atoms with Crippen LogP contribution in [0.3, 0.4) is 0 Å². The van der Waals surface area contributed by atoms with Crippen LogP contribution in [0.5, 0.6) is 0 Å². The molecule has 0 bridgehead atoms. The minimum Gasteiger partial charge on any atom is -0.150 e. The average molecular weight is 223 g/mol. The van der Waals surface area contributed by atoms with Crippen LogP contribution >= 0.6 is 11.1 Å². The van der Waals surface area contributed by atoms with Crippen molar-refractivity contribution in [2.75, 3.05) is 0 Å². The standard InChI is InChI=1S/C12H15ClSi/c1-5-14(13,6-2)12-9-10(3)7-8-11(12)4/h5-9H,1-2H2,3-4H3. The van der Waals surface area contributed by atoms with Gasteiger partial charge in [0.15, 0.2) is 0 Å². The van der Waals surface area contributed by atoms with Crippen LogP contribution in [0.4, 0.5) is 0 Å². The summed E-state index contributed by atoms with van der Waals surface area (Å²) in [5, 5.41) is 1.20. The molecule has 14 heavy (non-hydrogen) atoms. The van der Waals surface area contributed by atoms with Gasteiger partial charge in [0.05, 0.1) is 0 Å². The first-order valence-electron chi connectivity index (χ1n) is 4.57. The SMILES string of the molecule is C=C[Si](Cl)(C=C)c1cc(C)ccc1C. The second-order valence-electron chi connectivity index (χ2n) is 3.49. The van der Waals surface area contributed by atoms with Crippen molar-refractivity contribution in [2.45, 2.75) is 13.8 Å². The van der Waals surface area contributed by atoms with E-state index in [9.17, 15) is 0 Å². The smallest absolute Gasteiger partial charge is 0.150 e. The van der Waals surface area contributed by atoms with Crippen molar-refractivity contribution in [3.8, 4) is 0 Å². The molecule has 0 spiro atoms. The Bertz CT molecular complexity index is 361. The molecule has 1 aromatic rings. The van der Waals surface area contributed by atoms with Gasteiger partial charge in [-0.1, -0.05) is 35.2 Å². The fourth-order valence-electron chi connectivity index (χ4n) is 1.45. The number of aryl methyl sites for hydroxylation is 2. The summed E-state index contributed by atoms with van der Waals surface area (Å²) >= 11 is 6.51. The first kappa shape index (κ1) is 11.3. The molecular weight excluding hydrogens is 208 g/mol. The normalized spacial score (nSPS) is 11.1. The second-order valence-corrected chi connectivity index (χ2v) is 8.26. The molecule has 1 aromatic carbocycles. The summed E-state index contributed by atoms with van der Waals surface area (Å²) < 4.78 is 0. The summed E-state index contributed by atoms with van der Waals surface area (Å²) in [5.41, 5.74) is 6.15. The molecule has 0 aliphatic heterocycles. The Kier molecular flexibility index (Phi) is 3.35. The van der Waals surface area contributed by atoms with Crippen LogP contribution in [0.1, 0.15) is 11.1 Å². The quantitative estimate of drug-likeness (QED) is 0.545. The largest absolute Gasteiger partial charge is 0.232 e. The van der Waals surface area contributed by atoms with Crippen LogP contribution in [-0.4, -0.2) is 7.38 Å². The summed E-state index contributed by atoms with van der Waals surface area (Å²) in [6, 6.07) is 6.33. The second kappa shape index (κ2) is 4.16. The Hall–Kier alpha value is -0.793. The van der Waals surface area contributed by atoms with Gasteiger partial charge in [-0.25, -0.2) is 0 Å².